The van der Waals surface area contributed by atoms with Gasteiger partial charge in [0, 0.05) is 12.6 Å². The molecule has 0 saturated heterocycles. The van der Waals surface area contributed by atoms with Crippen LogP contribution in [-0.2, 0) is 10.0 Å². The van der Waals surface area contributed by atoms with Crippen LogP contribution in [0, 0.1) is 0 Å². The van der Waals surface area contributed by atoms with Gasteiger partial charge in [-0.2, -0.15) is 0 Å². The Bertz CT molecular complexity index is 698. The van der Waals surface area contributed by atoms with Crippen LogP contribution in [0.1, 0.15) is 46.0 Å². The Hall–Kier alpha value is -1.96. The van der Waals surface area contributed by atoms with Crippen LogP contribution >= 0.6 is 0 Å². The largest absolute Gasteiger partial charge is 0.491 e. The molecule has 1 aliphatic rings. The van der Waals surface area contributed by atoms with Crippen LogP contribution in [0.25, 0.3) is 0 Å². The van der Waals surface area contributed by atoms with Gasteiger partial charge >= 0.3 is 6.03 Å². The van der Waals surface area contributed by atoms with Crippen molar-refractivity contribution in [1.82, 2.24) is 10.6 Å². The van der Waals surface area contributed by atoms with Crippen molar-refractivity contribution in [1.29, 1.82) is 0 Å². The van der Waals surface area contributed by atoms with E-state index in [4.69, 9.17) is 4.74 Å². The molecule has 1 fully saturated rings. The fourth-order valence-electron chi connectivity index (χ4n) is 3.20. The van der Waals surface area contributed by atoms with Crippen molar-refractivity contribution in [3.8, 4) is 5.75 Å². The van der Waals surface area contributed by atoms with Crippen molar-refractivity contribution in [2.45, 2.75) is 58.1 Å². The molecule has 0 unspecified atom stereocenters. The predicted molar refractivity (Wildman–Crippen MR) is 108 cm³/mol. The van der Waals surface area contributed by atoms with E-state index in [9.17, 15) is 13.2 Å². The van der Waals surface area contributed by atoms with Crippen LogP contribution in [0.2, 0.25) is 0 Å². The highest BCUT2D eigenvalue weighted by Crippen LogP contribution is 2.22. The maximum Gasteiger partial charge on any atom is 0.315 e. The number of sulfonamides is 1. The first-order valence-electron chi connectivity index (χ1n) is 9.54. The number of hydrogen-bond acceptors (Lipinski definition) is 4. The summed E-state index contributed by atoms with van der Waals surface area (Å²) in [7, 11) is -3.46. The third kappa shape index (κ3) is 7.28. The molecule has 0 radical (unpaired) electrons. The molecule has 0 aliphatic heterocycles. The smallest absolute Gasteiger partial charge is 0.315 e. The zero-order valence-electron chi connectivity index (χ0n) is 16.4. The minimum Gasteiger partial charge on any atom is -0.491 e. The molecule has 0 heterocycles. The quantitative estimate of drug-likeness (QED) is 0.706. The van der Waals surface area contributed by atoms with Gasteiger partial charge in [0.05, 0.1) is 24.6 Å². The molecule has 2 N–H and O–H groups in total. The predicted octanol–water partition coefficient (Wildman–Crippen LogP) is 2.87. The standard InChI is InChI=1S/C19H31N3O4S/c1-15(2)26-18-11-9-17(10-12-18)22(27(3,24)25)14-13-20-19(23)21-16-7-5-4-6-8-16/h9-12,15-16H,4-8,13-14H2,1-3H3,(H2,20,21,23). The van der Waals surface area contributed by atoms with E-state index in [-0.39, 0.29) is 31.3 Å². The number of amides is 2. The van der Waals surface area contributed by atoms with Crippen molar-refractivity contribution in [3.63, 3.8) is 0 Å². The van der Waals surface area contributed by atoms with Gasteiger partial charge in [0.15, 0.2) is 0 Å². The summed E-state index contributed by atoms with van der Waals surface area (Å²) in [6.45, 7) is 4.26. The van der Waals surface area contributed by atoms with Gasteiger partial charge in [0.2, 0.25) is 10.0 Å². The number of rotatable bonds is 8. The Balaban J connectivity index is 1.90. The lowest BCUT2D eigenvalue weighted by atomic mass is 9.96. The van der Waals surface area contributed by atoms with Crippen LogP contribution in [0.3, 0.4) is 0 Å². The summed E-state index contributed by atoms with van der Waals surface area (Å²) in [6, 6.07) is 6.89. The number of ether oxygens (including phenoxy) is 1. The summed E-state index contributed by atoms with van der Waals surface area (Å²) in [5, 5.41) is 5.72. The molecule has 0 atom stereocenters. The lowest BCUT2D eigenvalue weighted by Crippen LogP contribution is -2.45. The number of benzene rings is 1. The zero-order valence-corrected chi connectivity index (χ0v) is 17.2. The zero-order chi connectivity index (χ0) is 19.9. The minimum absolute atomic E-state index is 0.0498. The molecule has 1 saturated carbocycles. The molecule has 1 aliphatic carbocycles. The molecule has 0 aromatic heterocycles. The van der Waals surface area contributed by atoms with E-state index >= 15 is 0 Å². The van der Waals surface area contributed by atoms with Gasteiger partial charge in [-0.1, -0.05) is 19.3 Å². The monoisotopic (exact) mass is 397 g/mol. The summed E-state index contributed by atoms with van der Waals surface area (Å²) < 4.78 is 31.2. The molecule has 152 valence electrons. The Kier molecular flexibility index (Phi) is 7.77. The molecule has 8 heteroatoms. The summed E-state index contributed by atoms with van der Waals surface area (Å²) in [5.41, 5.74) is 0.545. The highest BCUT2D eigenvalue weighted by molar-refractivity contribution is 7.92. The fourth-order valence-corrected chi connectivity index (χ4v) is 4.13. The second kappa shape index (κ2) is 9.82. The van der Waals surface area contributed by atoms with Crippen molar-refractivity contribution in [2.24, 2.45) is 0 Å². The van der Waals surface area contributed by atoms with Gasteiger partial charge < -0.3 is 15.4 Å². The molecular formula is C19H31N3O4S. The maximum absolute atomic E-state index is 12.2. The fraction of sp³-hybridized carbons (Fsp3) is 0.632. The van der Waals surface area contributed by atoms with Crippen LogP contribution in [-0.4, -0.2) is 45.9 Å². The summed E-state index contributed by atoms with van der Waals surface area (Å²) >= 11 is 0. The summed E-state index contributed by atoms with van der Waals surface area (Å²) in [5.74, 6) is 0.687. The number of nitrogens with one attached hydrogen (secondary N) is 2. The van der Waals surface area contributed by atoms with Gasteiger partial charge in [-0.25, -0.2) is 13.2 Å². The number of hydrogen-bond donors (Lipinski definition) is 2. The molecule has 2 amide bonds. The van der Waals surface area contributed by atoms with Crippen molar-refractivity contribution < 1.29 is 17.9 Å². The second-order valence-corrected chi connectivity index (χ2v) is 9.14. The van der Waals surface area contributed by atoms with E-state index in [1.807, 2.05) is 13.8 Å². The first-order valence-corrected chi connectivity index (χ1v) is 11.4. The molecule has 0 spiro atoms. The number of carbonyl (C=O) groups is 1. The highest BCUT2D eigenvalue weighted by Gasteiger charge is 2.19. The molecule has 1 aromatic carbocycles. The van der Waals surface area contributed by atoms with Crippen molar-refractivity contribution in [3.05, 3.63) is 24.3 Å². The van der Waals surface area contributed by atoms with Gasteiger partial charge in [-0.15, -0.1) is 0 Å². The molecule has 0 bridgehead atoms. The van der Waals surface area contributed by atoms with Gasteiger partial charge in [0.25, 0.3) is 0 Å². The number of urea groups is 1. The summed E-state index contributed by atoms with van der Waals surface area (Å²) in [4.78, 5) is 12.0. The van der Waals surface area contributed by atoms with Gasteiger partial charge in [0.1, 0.15) is 5.75 Å². The van der Waals surface area contributed by atoms with E-state index in [1.54, 1.807) is 24.3 Å². The van der Waals surface area contributed by atoms with E-state index in [0.717, 1.165) is 31.9 Å². The Morgan fingerprint density at radius 1 is 1.19 bits per heavy atom. The molecule has 2 rings (SSSR count). The van der Waals surface area contributed by atoms with Crippen LogP contribution in [0.4, 0.5) is 10.5 Å². The Morgan fingerprint density at radius 2 is 1.81 bits per heavy atom. The third-order valence-corrected chi connectivity index (χ3v) is 5.63. The SMILES string of the molecule is CC(C)Oc1ccc(N(CCNC(=O)NC2CCCCC2)S(C)(=O)=O)cc1. The van der Waals surface area contributed by atoms with Gasteiger partial charge in [-0.05, 0) is 51.0 Å². The average molecular weight is 398 g/mol. The molecular weight excluding hydrogens is 366 g/mol. The average Bonchev–Trinajstić information content (AvgIpc) is 2.59. The van der Waals surface area contributed by atoms with Crippen LogP contribution in [0.15, 0.2) is 24.3 Å². The first kappa shape index (κ1) is 21.3. The van der Waals surface area contributed by atoms with E-state index < -0.39 is 10.0 Å². The van der Waals surface area contributed by atoms with Crippen molar-refractivity contribution in [2.75, 3.05) is 23.7 Å². The van der Waals surface area contributed by atoms with E-state index in [2.05, 4.69) is 10.6 Å². The Morgan fingerprint density at radius 3 is 2.37 bits per heavy atom. The maximum atomic E-state index is 12.2. The van der Waals surface area contributed by atoms with Crippen molar-refractivity contribution >= 4 is 21.7 Å². The first-order chi connectivity index (χ1) is 12.8. The summed E-state index contributed by atoms with van der Waals surface area (Å²) in [6.07, 6.45) is 6.74. The minimum atomic E-state index is -3.46. The third-order valence-electron chi connectivity index (χ3n) is 4.44. The number of carbonyl (C=O) groups excluding carboxylic acids is 1. The van der Waals surface area contributed by atoms with E-state index in [1.165, 1.54) is 10.7 Å². The topological polar surface area (TPSA) is 87.7 Å². The number of nitrogens with zero attached hydrogens (tertiary/aromatic N) is 1. The number of anilines is 1. The second-order valence-electron chi connectivity index (χ2n) is 7.23. The Labute approximate surface area is 162 Å². The normalized spacial score (nSPS) is 15.4. The van der Waals surface area contributed by atoms with Gasteiger partial charge in [-0.3, -0.25) is 4.31 Å². The van der Waals surface area contributed by atoms with E-state index in [0.29, 0.717) is 11.4 Å². The van der Waals surface area contributed by atoms with Crippen LogP contribution in [0.5, 0.6) is 5.75 Å². The molecule has 7 nitrogen and oxygen atoms in total. The lowest BCUT2D eigenvalue weighted by Gasteiger charge is -2.25. The lowest BCUT2D eigenvalue weighted by molar-refractivity contribution is 0.233. The van der Waals surface area contributed by atoms with Crippen LogP contribution < -0.4 is 19.7 Å². The molecule has 27 heavy (non-hydrogen) atoms. The molecule has 1 aromatic rings. The highest BCUT2D eigenvalue weighted by atomic mass is 32.2.